The maximum Gasteiger partial charge on any atom is 0.414 e. The summed E-state index contributed by atoms with van der Waals surface area (Å²) in [5.74, 6) is -3.74. The van der Waals surface area contributed by atoms with Gasteiger partial charge in [0.05, 0.1) is 12.7 Å². The number of aliphatic hydroxyl groups is 1. The Labute approximate surface area is 162 Å². The Morgan fingerprint density at radius 2 is 1.39 bits per heavy atom. The smallest absolute Gasteiger partial charge is 0.414 e. The highest BCUT2D eigenvalue weighted by Crippen LogP contribution is 2.13. The zero-order chi connectivity index (χ0) is 20.9. The molecule has 0 aliphatic heterocycles. The van der Waals surface area contributed by atoms with Gasteiger partial charge >= 0.3 is 11.9 Å². The number of ketones is 1. The van der Waals surface area contributed by atoms with Crippen molar-refractivity contribution < 1.29 is 34.4 Å². The number of carboxylic acid groups (broad SMARTS) is 2. The van der Waals surface area contributed by atoms with Gasteiger partial charge in [0, 0.05) is 18.5 Å². The molecule has 0 aliphatic carbocycles. The van der Waals surface area contributed by atoms with Gasteiger partial charge in [-0.05, 0) is 5.56 Å². The first-order valence-electron chi connectivity index (χ1n) is 8.44. The predicted octanol–water partition coefficient (Wildman–Crippen LogP) is 0.972. The quantitative estimate of drug-likeness (QED) is 0.386. The topological polar surface area (TPSA) is 147 Å². The van der Waals surface area contributed by atoms with Crippen LogP contribution in [-0.2, 0) is 20.7 Å². The number of hydrogen-bond acceptors (Lipinski definition) is 6. The highest BCUT2D eigenvalue weighted by atomic mass is 16.5. The molecule has 2 rings (SSSR count). The highest BCUT2D eigenvalue weighted by molar-refractivity contribution is 6.27. The number of ether oxygens (including phenoxy) is 1. The number of nitrogens with two attached hydrogens (primary N) is 1. The molecule has 5 N–H and O–H groups in total. The molecule has 2 aromatic rings. The molecule has 0 heterocycles. The molecule has 0 radical (unpaired) electrons. The van der Waals surface area contributed by atoms with Gasteiger partial charge in [-0.1, -0.05) is 60.7 Å². The normalized spacial score (nSPS) is 12.2. The number of aliphatic carboxylic acids is 2. The second kappa shape index (κ2) is 12.3. The molecule has 0 aliphatic rings. The van der Waals surface area contributed by atoms with Gasteiger partial charge < -0.3 is 25.8 Å². The van der Waals surface area contributed by atoms with Crippen LogP contribution < -0.4 is 5.73 Å². The summed E-state index contributed by atoms with van der Waals surface area (Å²) in [5, 5.41) is 24.3. The molecule has 150 valence electrons. The van der Waals surface area contributed by atoms with E-state index < -0.39 is 24.1 Å². The lowest BCUT2D eigenvalue weighted by Crippen LogP contribution is -2.33. The van der Waals surface area contributed by atoms with E-state index in [1.165, 1.54) is 0 Å². The van der Waals surface area contributed by atoms with Crippen molar-refractivity contribution in [2.24, 2.45) is 5.73 Å². The van der Waals surface area contributed by atoms with Crippen LogP contribution in [0.5, 0.6) is 0 Å². The molecule has 0 saturated carbocycles. The van der Waals surface area contributed by atoms with Crippen molar-refractivity contribution in [1.82, 2.24) is 0 Å². The monoisotopic (exact) mass is 389 g/mol. The summed E-state index contributed by atoms with van der Waals surface area (Å²) in [7, 11) is 0. The van der Waals surface area contributed by atoms with E-state index >= 15 is 0 Å². The molecule has 8 heteroatoms. The largest absolute Gasteiger partial charge is 0.473 e. The molecule has 2 atom stereocenters. The average molecular weight is 389 g/mol. The number of carbonyl (C=O) groups is 3. The van der Waals surface area contributed by atoms with Crippen molar-refractivity contribution in [1.29, 1.82) is 0 Å². The number of carbonyl (C=O) groups excluding carboxylic acids is 1. The molecule has 2 unspecified atom stereocenters. The minimum Gasteiger partial charge on any atom is -0.473 e. The third kappa shape index (κ3) is 8.54. The van der Waals surface area contributed by atoms with Gasteiger partial charge in [-0.25, -0.2) is 9.59 Å². The average Bonchev–Trinajstić information content (AvgIpc) is 2.72. The minimum absolute atomic E-state index is 0.0482. The van der Waals surface area contributed by atoms with Crippen molar-refractivity contribution in [3.05, 3.63) is 71.8 Å². The van der Waals surface area contributed by atoms with Crippen molar-refractivity contribution in [2.45, 2.75) is 18.6 Å². The Hall–Kier alpha value is -3.07. The molecule has 0 saturated heterocycles. The lowest BCUT2D eigenvalue weighted by Gasteiger charge is -2.19. The summed E-state index contributed by atoms with van der Waals surface area (Å²) in [6.07, 6.45) is -0.931. The molecular weight excluding hydrogens is 366 g/mol. The standard InChI is InChI=1S/C18H21NO3.C2H2O4/c19-12-16(20)13-22-17(11-14-7-3-1-4-8-14)18(21)15-9-5-2-6-10-15;3-1(4)2(5)6/h1-10,16-17,20H,11-13,19H2;(H,3,4)(H,5,6). The Morgan fingerprint density at radius 3 is 1.86 bits per heavy atom. The maximum atomic E-state index is 12.6. The lowest BCUT2D eigenvalue weighted by molar-refractivity contribution is -0.159. The molecule has 8 nitrogen and oxygen atoms in total. The number of carboxylic acids is 2. The van der Waals surface area contributed by atoms with E-state index in [1.807, 2.05) is 48.5 Å². The summed E-state index contributed by atoms with van der Waals surface area (Å²) in [6, 6.07) is 18.7. The van der Waals surface area contributed by atoms with Crippen LogP contribution in [0.1, 0.15) is 15.9 Å². The van der Waals surface area contributed by atoms with E-state index in [4.69, 9.17) is 30.3 Å². The zero-order valence-corrected chi connectivity index (χ0v) is 15.1. The predicted molar refractivity (Wildman–Crippen MR) is 101 cm³/mol. The van der Waals surface area contributed by atoms with Gasteiger partial charge in [-0.2, -0.15) is 0 Å². The van der Waals surface area contributed by atoms with E-state index in [0.717, 1.165) is 5.56 Å². The molecule has 28 heavy (non-hydrogen) atoms. The zero-order valence-electron chi connectivity index (χ0n) is 15.1. The number of Topliss-reactive ketones (excluding diaryl/α,β-unsaturated/α-hetero) is 1. The number of hydrogen-bond donors (Lipinski definition) is 4. The fourth-order valence-corrected chi connectivity index (χ4v) is 2.14. The van der Waals surface area contributed by atoms with Gasteiger partial charge in [-0.15, -0.1) is 0 Å². The molecule has 0 aromatic heterocycles. The highest BCUT2D eigenvalue weighted by Gasteiger charge is 2.22. The molecule has 2 aromatic carbocycles. The number of aliphatic hydroxyl groups excluding tert-OH is 1. The molecule has 0 spiro atoms. The fourth-order valence-electron chi connectivity index (χ4n) is 2.14. The van der Waals surface area contributed by atoms with Crippen LogP contribution in [0.2, 0.25) is 0 Å². The van der Waals surface area contributed by atoms with E-state index in [2.05, 4.69) is 0 Å². The van der Waals surface area contributed by atoms with E-state index in [1.54, 1.807) is 12.1 Å². The maximum absolute atomic E-state index is 12.6. The van der Waals surface area contributed by atoms with Crippen molar-refractivity contribution in [3.63, 3.8) is 0 Å². The summed E-state index contributed by atoms with van der Waals surface area (Å²) in [6.45, 7) is 0.157. The molecule has 0 amide bonds. The summed E-state index contributed by atoms with van der Waals surface area (Å²) < 4.78 is 5.64. The SMILES string of the molecule is NCC(O)COC(Cc1ccccc1)C(=O)c1ccccc1.O=C(O)C(=O)O. The third-order valence-electron chi connectivity index (χ3n) is 3.56. The van der Waals surface area contributed by atoms with Crippen LogP contribution in [-0.4, -0.2) is 58.4 Å². The van der Waals surface area contributed by atoms with Crippen molar-refractivity contribution in [3.8, 4) is 0 Å². The first-order valence-corrected chi connectivity index (χ1v) is 8.44. The minimum atomic E-state index is -1.82. The number of rotatable bonds is 8. The molecule has 0 bridgehead atoms. The molecular formula is C20H23NO7. The number of benzene rings is 2. The van der Waals surface area contributed by atoms with Crippen molar-refractivity contribution in [2.75, 3.05) is 13.2 Å². The third-order valence-corrected chi connectivity index (χ3v) is 3.56. The Bertz CT molecular complexity index is 738. The van der Waals surface area contributed by atoms with E-state index in [-0.39, 0.29) is 18.9 Å². The van der Waals surface area contributed by atoms with Crippen molar-refractivity contribution >= 4 is 17.7 Å². The first kappa shape index (κ1) is 23.0. The Kier molecular flexibility index (Phi) is 10.1. The van der Waals surface area contributed by atoms with Gasteiger partial charge in [-0.3, -0.25) is 4.79 Å². The Balaban J connectivity index is 0.000000568. The van der Waals surface area contributed by atoms with Crippen LogP contribution >= 0.6 is 0 Å². The second-order valence-electron chi connectivity index (χ2n) is 5.74. The second-order valence-corrected chi connectivity index (χ2v) is 5.74. The van der Waals surface area contributed by atoms with E-state index in [9.17, 15) is 9.90 Å². The van der Waals surface area contributed by atoms with E-state index in [0.29, 0.717) is 12.0 Å². The van der Waals surface area contributed by atoms with Gasteiger partial charge in [0.25, 0.3) is 0 Å². The lowest BCUT2D eigenvalue weighted by atomic mass is 10.00. The summed E-state index contributed by atoms with van der Waals surface area (Å²) in [5.41, 5.74) is 7.00. The van der Waals surface area contributed by atoms with Crippen LogP contribution in [0, 0.1) is 0 Å². The molecule has 0 fully saturated rings. The first-order chi connectivity index (χ1) is 13.3. The Morgan fingerprint density at radius 1 is 0.893 bits per heavy atom. The summed E-state index contributed by atoms with van der Waals surface area (Å²) in [4.78, 5) is 30.8. The van der Waals surface area contributed by atoms with Gasteiger partial charge in [0.1, 0.15) is 6.10 Å². The van der Waals surface area contributed by atoms with Crippen LogP contribution in [0.4, 0.5) is 0 Å². The van der Waals surface area contributed by atoms with Crippen LogP contribution in [0.3, 0.4) is 0 Å². The van der Waals surface area contributed by atoms with Crippen LogP contribution in [0.15, 0.2) is 60.7 Å². The fraction of sp³-hybridized carbons (Fsp3) is 0.250. The van der Waals surface area contributed by atoms with Crippen LogP contribution in [0.25, 0.3) is 0 Å². The summed E-state index contributed by atoms with van der Waals surface area (Å²) >= 11 is 0. The van der Waals surface area contributed by atoms with Gasteiger partial charge in [0.15, 0.2) is 5.78 Å². The van der Waals surface area contributed by atoms with Gasteiger partial charge in [0.2, 0.25) is 0 Å².